The zero-order valence-electron chi connectivity index (χ0n) is 6.51. The molecule has 0 heterocycles. The minimum absolute atomic E-state index is 0. The molecule has 0 aliphatic heterocycles. The number of benzene rings is 1. The van der Waals surface area contributed by atoms with E-state index >= 15 is 0 Å². The van der Waals surface area contributed by atoms with Crippen LogP contribution in [0.4, 0.5) is 5.69 Å². The Morgan fingerprint density at radius 2 is 2.27 bits per heavy atom. The Balaban J connectivity index is 0.000001000. The van der Waals surface area contributed by atoms with Crippen molar-refractivity contribution in [3.8, 4) is 0 Å². The van der Waals surface area contributed by atoms with Crippen LogP contribution in [0.3, 0.4) is 0 Å². The van der Waals surface area contributed by atoms with Gasteiger partial charge in [-0.05, 0) is 6.54 Å². The van der Waals surface area contributed by atoms with Gasteiger partial charge in [0.25, 0.3) is 0 Å². The summed E-state index contributed by atoms with van der Waals surface area (Å²) in [5.41, 5.74) is 1.05. The van der Waals surface area contributed by atoms with Crippen molar-refractivity contribution in [3.63, 3.8) is 0 Å². The Morgan fingerprint density at radius 1 is 1.45 bits per heavy atom. The number of nitrogens with one attached hydrogen (secondary N) is 1. The first-order valence-corrected chi connectivity index (χ1v) is 3.43. The topological polar surface area (TPSA) is 12.0 Å². The normalized spacial score (nSPS) is 8.45. The molecule has 0 fully saturated rings. The molecule has 0 aromatic heterocycles. The standard InChI is InChI=1S/C9H11N.Y/c1-2-8-10-9-6-4-3-5-7-9;/h3-6,10H,1-2,8H2;/q-2;. The molecule has 0 bridgehead atoms. The predicted octanol–water partition coefficient (Wildman–Crippen LogP) is 2.12. The van der Waals surface area contributed by atoms with Crippen molar-refractivity contribution >= 4 is 5.69 Å². The third-order valence-electron chi connectivity index (χ3n) is 1.20. The van der Waals surface area contributed by atoms with Crippen LogP contribution in [0.15, 0.2) is 24.3 Å². The molecule has 1 N–H and O–H groups in total. The smallest absolute Gasteiger partial charge is 0 e. The van der Waals surface area contributed by atoms with Crippen LogP contribution in [0.5, 0.6) is 0 Å². The fraction of sp³-hybridized carbons (Fsp3) is 0.222. The summed E-state index contributed by atoms with van der Waals surface area (Å²) in [6, 6.07) is 10.9. The summed E-state index contributed by atoms with van der Waals surface area (Å²) in [5, 5.41) is 3.18. The molecule has 0 aliphatic rings. The first-order chi connectivity index (χ1) is 4.93. The van der Waals surface area contributed by atoms with Gasteiger partial charge in [-0.25, -0.2) is 0 Å². The maximum atomic E-state index is 3.72. The van der Waals surface area contributed by atoms with E-state index in [2.05, 4.69) is 18.3 Å². The van der Waals surface area contributed by atoms with Gasteiger partial charge in [0.15, 0.2) is 0 Å². The van der Waals surface area contributed by atoms with Crippen LogP contribution >= 0.6 is 0 Å². The van der Waals surface area contributed by atoms with Crippen LogP contribution < -0.4 is 5.32 Å². The molecule has 1 rings (SSSR count). The largest absolute Gasteiger partial charge is 0.409 e. The summed E-state index contributed by atoms with van der Waals surface area (Å²) >= 11 is 0. The summed E-state index contributed by atoms with van der Waals surface area (Å²) < 4.78 is 0. The minimum atomic E-state index is 0. The molecule has 1 nitrogen and oxygen atoms in total. The summed E-state index contributed by atoms with van der Waals surface area (Å²) in [5.74, 6) is 0. The molecule has 1 aromatic rings. The Labute approximate surface area is 93.5 Å². The van der Waals surface area contributed by atoms with E-state index < -0.39 is 0 Å². The Kier molecular flexibility index (Phi) is 6.89. The Bertz CT molecular complexity index is 174. The van der Waals surface area contributed by atoms with Crippen LogP contribution in [0.25, 0.3) is 0 Å². The van der Waals surface area contributed by atoms with Crippen molar-refractivity contribution in [2.75, 3.05) is 11.9 Å². The monoisotopic (exact) mass is 222 g/mol. The molecule has 1 aromatic carbocycles. The third-order valence-corrected chi connectivity index (χ3v) is 1.20. The number of hydrogen-bond acceptors (Lipinski definition) is 1. The van der Waals surface area contributed by atoms with Crippen molar-refractivity contribution in [2.24, 2.45) is 0 Å². The molecule has 57 valence electrons. The summed E-state index contributed by atoms with van der Waals surface area (Å²) in [6.45, 7) is 4.64. The zero-order chi connectivity index (χ0) is 7.23. The van der Waals surface area contributed by atoms with E-state index in [1.807, 2.05) is 24.3 Å². The quantitative estimate of drug-likeness (QED) is 0.772. The third kappa shape index (κ3) is 4.55. The second-order valence-corrected chi connectivity index (χ2v) is 2.06. The van der Waals surface area contributed by atoms with E-state index in [0.29, 0.717) is 0 Å². The van der Waals surface area contributed by atoms with Crippen LogP contribution in [0.2, 0.25) is 0 Å². The number of rotatable bonds is 3. The number of anilines is 1. The van der Waals surface area contributed by atoms with Crippen LogP contribution in [0, 0.1) is 13.0 Å². The number of para-hydroxylation sites is 1. The van der Waals surface area contributed by atoms with Gasteiger partial charge in [0.2, 0.25) is 0 Å². The fourth-order valence-electron chi connectivity index (χ4n) is 0.726. The van der Waals surface area contributed by atoms with Crippen molar-refractivity contribution in [2.45, 2.75) is 6.42 Å². The van der Waals surface area contributed by atoms with Crippen molar-refractivity contribution in [1.29, 1.82) is 0 Å². The molecule has 0 unspecified atom stereocenters. The van der Waals surface area contributed by atoms with E-state index in [9.17, 15) is 0 Å². The van der Waals surface area contributed by atoms with E-state index in [-0.39, 0.29) is 32.7 Å². The summed E-state index contributed by atoms with van der Waals surface area (Å²) in [7, 11) is 0. The molecule has 2 heteroatoms. The maximum Gasteiger partial charge on any atom is 0 e. The Morgan fingerprint density at radius 3 is 2.82 bits per heavy atom. The second-order valence-electron chi connectivity index (χ2n) is 2.06. The molecular formula is C9H11NY-2. The van der Waals surface area contributed by atoms with Crippen LogP contribution in [0.1, 0.15) is 6.42 Å². The molecule has 0 atom stereocenters. The SMILES string of the molecule is [CH2-]CCNc1[c-]cccc1.[Y]. The van der Waals surface area contributed by atoms with Gasteiger partial charge in [-0.3, -0.25) is 0 Å². The van der Waals surface area contributed by atoms with E-state index in [4.69, 9.17) is 0 Å². The predicted molar refractivity (Wildman–Crippen MR) is 43.7 cm³/mol. The molecule has 0 spiro atoms. The van der Waals surface area contributed by atoms with E-state index in [1.165, 1.54) is 0 Å². The van der Waals surface area contributed by atoms with Gasteiger partial charge in [0.05, 0.1) is 0 Å². The van der Waals surface area contributed by atoms with Crippen LogP contribution in [-0.4, -0.2) is 6.54 Å². The van der Waals surface area contributed by atoms with Gasteiger partial charge in [0, 0.05) is 32.7 Å². The minimum Gasteiger partial charge on any atom is -0.409 e. The molecule has 0 saturated carbocycles. The van der Waals surface area contributed by atoms with Gasteiger partial charge >= 0.3 is 0 Å². The number of hydrogen-bond donors (Lipinski definition) is 1. The van der Waals surface area contributed by atoms with Gasteiger partial charge < -0.3 is 12.2 Å². The maximum absolute atomic E-state index is 3.72. The first kappa shape index (κ1) is 11.1. The Hall–Kier alpha value is 0.124. The molecule has 0 aliphatic carbocycles. The first-order valence-electron chi connectivity index (χ1n) is 3.43. The molecular weight excluding hydrogens is 211 g/mol. The van der Waals surface area contributed by atoms with Gasteiger partial charge in [-0.15, -0.1) is 6.07 Å². The van der Waals surface area contributed by atoms with Crippen LogP contribution in [-0.2, 0) is 32.7 Å². The fourth-order valence-corrected chi connectivity index (χ4v) is 0.726. The van der Waals surface area contributed by atoms with Gasteiger partial charge in [-0.2, -0.15) is 30.7 Å². The zero-order valence-corrected chi connectivity index (χ0v) is 9.35. The average molecular weight is 222 g/mol. The molecule has 1 radical (unpaired) electrons. The second kappa shape index (κ2) is 6.81. The molecule has 0 saturated heterocycles. The van der Waals surface area contributed by atoms with Gasteiger partial charge in [0.1, 0.15) is 0 Å². The van der Waals surface area contributed by atoms with Crippen molar-refractivity contribution < 1.29 is 32.7 Å². The van der Waals surface area contributed by atoms with Crippen molar-refractivity contribution in [1.82, 2.24) is 0 Å². The van der Waals surface area contributed by atoms with E-state index in [0.717, 1.165) is 18.7 Å². The molecule has 11 heavy (non-hydrogen) atoms. The van der Waals surface area contributed by atoms with E-state index in [1.54, 1.807) is 0 Å². The summed E-state index contributed by atoms with van der Waals surface area (Å²) in [4.78, 5) is 0. The van der Waals surface area contributed by atoms with Crippen molar-refractivity contribution in [3.05, 3.63) is 37.3 Å². The average Bonchev–Trinajstić information content (AvgIpc) is 2.03. The summed E-state index contributed by atoms with van der Waals surface area (Å²) in [6.07, 6.45) is 0.905. The van der Waals surface area contributed by atoms with Gasteiger partial charge in [-0.1, -0.05) is 5.69 Å². The molecule has 0 amide bonds.